The first-order valence-corrected chi connectivity index (χ1v) is 14.8. The Morgan fingerprint density at radius 2 is 1.34 bits per heavy atom. The van der Waals surface area contributed by atoms with E-state index in [-0.39, 0.29) is 35.2 Å². The zero-order chi connectivity index (χ0) is 28.9. The van der Waals surface area contributed by atoms with Gasteiger partial charge in [-0.3, -0.25) is 0 Å². The Kier molecular flexibility index (Phi) is 9.36. The average molecular weight is 567 g/mol. The van der Waals surface area contributed by atoms with Crippen molar-refractivity contribution in [1.29, 1.82) is 0 Å². The number of aryl methyl sites for hydroxylation is 1. The summed E-state index contributed by atoms with van der Waals surface area (Å²) < 4.78 is 69.6. The molecule has 0 spiro atoms. The Labute approximate surface area is 240 Å². The van der Waals surface area contributed by atoms with E-state index in [0.29, 0.717) is 24.4 Å². The molecule has 4 atom stereocenters. The van der Waals surface area contributed by atoms with Crippen LogP contribution in [-0.2, 0) is 6.42 Å². The molecule has 2 nitrogen and oxygen atoms in total. The van der Waals surface area contributed by atoms with Crippen molar-refractivity contribution >= 4 is 0 Å². The summed E-state index contributed by atoms with van der Waals surface area (Å²) in [6, 6.07) is 14.0. The molecule has 0 amide bonds. The fourth-order valence-electron chi connectivity index (χ4n) is 6.73. The van der Waals surface area contributed by atoms with Gasteiger partial charge in [0, 0.05) is 11.1 Å². The summed E-state index contributed by atoms with van der Waals surface area (Å²) in [6.45, 7) is 5.90. The van der Waals surface area contributed by atoms with Crippen molar-refractivity contribution in [3.63, 3.8) is 0 Å². The van der Waals surface area contributed by atoms with Gasteiger partial charge in [0.2, 0.25) is 11.6 Å². The molecule has 2 aliphatic rings. The van der Waals surface area contributed by atoms with Crippen molar-refractivity contribution < 1.29 is 27.0 Å². The van der Waals surface area contributed by atoms with Crippen LogP contribution >= 0.6 is 0 Å². The molecule has 2 saturated carbocycles. The highest BCUT2D eigenvalue weighted by atomic mass is 19.2. The van der Waals surface area contributed by atoms with Crippen LogP contribution in [0.4, 0.5) is 17.6 Å². The summed E-state index contributed by atoms with van der Waals surface area (Å²) >= 11 is 0. The van der Waals surface area contributed by atoms with Gasteiger partial charge < -0.3 is 9.47 Å². The van der Waals surface area contributed by atoms with Crippen molar-refractivity contribution in [3.05, 3.63) is 95.6 Å². The SMILES string of the molecule is C=CCCc1ccc(C2CCC3CC(COc4ccc(-c5ccc(OCC)c(F)c5F)c(F)c4F)CCC3C2)cc1. The number of fused-ring (bicyclic) bond motifs is 1. The predicted molar refractivity (Wildman–Crippen MR) is 154 cm³/mol. The van der Waals surface area contributed by atoms with Gasteiger partial charge in [-0.05, 0) is 117 Å². The maximum Gasteiger partial charge on any atom is 0.201 e. The summed E-state index contributed by atoms with van der Waals surface area (Å²) in [7, 11) is 0. The van der Waals surface area contributed by atoms with E-state index in [0.717, 1.165) is 32.1 Å². The van der Waals surface area contributed by atoms with Crippen LogP contribution in [0.15, 0.2) is 61.2 Å². The average Bonchev–Trinajstić information content (AvgIpc) is 2.99. The molecule has 5 rings (SSSR count). The molecular formula is C35H38F4O2. The van der Waals surface area contributed by atoms with E-state index in [2.05, 4.69) is 30.8 Å². The minimum atomic E-state index is -1.28. The van der Waals surface area contributed by atoms with Crippen molar-refractivity contribution in [3.8, 4) is 22.6 Å². The summed E-state index contributed by atoms with van der Waals surface area (Å²) in [5.41, 5.74) is 2.06. The van der Waals surface area contributed by atoms with Gasteiger partial charge in [0.25, 0.3) is 0 Å². The second-order valence-corrected chi connectivity index (χ2v) is 11.5. The monoisotopic (exact) mass is 566 g/mol. The molecule has 0 bridgehead atoms. The third-order valence-corrected chi connectivity index (χ3v) is 8.97. The Balaban J connectivity index is 1.17. The number of hydrogen-bond acceptors (Lipinski definition) is 2. The minimum Gasteiger partial charge on any atom is -0.491 e. The normalized spacial score (nSPS) is 22.2. The van der Waals surface area contributed by atoms with E-state index in [1.807, 2.05) is 6.08 Å². The number of ether oxygens (including phenoxy) is 2. The van der Waals surface area contributed by atoms with Crippen LogP contribution in [0.2, 0.25) is 0 Å². The Hall–Kier alpha value is -3.28. The van der Waals surface area contributed by atoms with E-state index in [1.165, 1.54) is 54.7 Å². The molecule has 0 saturated heterocycles. The largest absolute Gasteiger partial charge is 0.491 e. The highest BCUT2D eigenvalue weighted by Gasteiger charge is 2.36. The summed E-state index contributed by atoms with van der Waals surface area (Å²) in [5, 5.41) is 0. The molecule has 0 radical (unpaired) electrons. The second-order valence-electron chi connectivity index (χ2n) is 11.5. The molecule has 0 N–H and O–H groups in total. The number of benzene rings is 3. The molecule has 218 valence electrons. The highest BCUT2D eigenvalue weighted by Crippen LogP contribution is 2.48. The Morgan fingerprint density at radius 1 is 0.732 bits per heavy atom. The van der Waals surface area contributed by atoms with Crippen LogP contribution in [0.5, 0.6) is 11.5 Å². The van der Waals surface area contributed by atoms with E-state index in [9.17, 15) is 17.6 Å². The minimum absolute atomic E-state index is 0.152. The Morgan fingerprint density at radius 3 is 1.98 bits per heavy atom. The van der Waals surface area contributed by atoms with Gasteiger partial charge >= 0.3 is 0 Å². The lowest BCUT2D eigenvalue weighted by Gasteiger charge is -2.42. The topological polar surface area (TPSA) is 18.5 Å². The second kappa shape index (κ2) is 13.1. The third kappa shape index (κ3) is 6.47. The van der Waals surface area contributed by atoms with Crippen LogP contribution in [0.3, 0.4) is 0 Å². The fraction of sp³-hybridized carbons (Fsp3) is 0.429. The number of halogens is 4. The third-order valence-electron chi connectivity index (χ3n) is 8.97. The lowest BCUT2D eigenvalue weighted by Crippen LogP contribution is -2.32. The molecule has 2 fully saturated rings. The molecule has 4 unspecified atom stereocenters. The van der Waals surface area contributed by atoms with Gasteiger partial charge in [-0.2, -0.15) is 8.78 Å². The van der Waals surface area contributed by atoms with Crippen molar-refractivity contribution in [2.24, 2.45) is 17.8 Å². The molecular weight excluding hydrogens is 528 g/mol. The molecule has 2 aliphatic carbocycles. The van der Waals surface area contributed by atoms with Crippen molar-refractivity contribution in [2.75, 3.05) is 13.2 Å². The standard InChI is InChI=1S/C35H38F4O2/c1-3-5-6-22-7-10-24(11-8-22)26-14-13-25-19-23(9-12-27(25)20-26)21-41-31-18-16-29(33(37)35(31)39)28-15-17-30(40-4-2)34(38)32(28)36/h3,7-8,10-11,15-18,23,25-27H,1,4-6,9,12-14,19-21H2,2H3. The van der Waals surface area contributed by atoms with Gasteiger partial charge in [0.1, 0.15) is 0 Å². The van der Waals surface area contributed by atoms with Crippen LogP contribution in [0, 0.1) is 41.0 Å². The van der Waals surface area contributed by atoms with Crippen LogP contribution in [0.1, 0.15) is 68.9 Å². The van der Waals surface area contributed by atoms with E-state index in [4.69, 9.17) is 9.47 Å². The first-order chi connectivity index (χ1) is 19.9. The predicted octanol–water partition coefficient (Wildman–Crippen LogP) is 9.81. The van der Waals surface area contributed by atoms with E-state index in [1.54, 1.807) is 6.92 Å². The van der Waals surface area contributed by atoms with Crippen molar-refractivity contribution in [2.45, 2.75) is 64.2 Å². The van der Waals surface area contributed by atoms with Gasteiger partial charge in [-0.15, -0.1) is 6.58 Å². The summed E-state index contributed by atoms with van der Waals surface area (Å²) in [4.78, 5) is 0. The van der Waals surface area contributed by atoms with Crippen LogP contribution in [0.25, 0.3) is 11.1 Å². The van der Waals surface area contributed by atoms with Crippen molar-refractivity contribution in [1.82, 2.24) is 0 Å². The zero-order valence-corrected chi connectivity index (χ0v) is 23.6. The van der Waals surface area contributed by atoms with Gasteiger partial charge in [-0.1, -0.05) is 30.3 Å². The highest BCUT2D eigenvalue weighted by molar-refractivity contribution is 5.67. The van der Waals surface area contributed by atoms with Gasteiger partial charge in [-0.25, -0.2) is 8.78 Å². The first-order valence-electron chi connectivity index (χ1n) is 14.8. The smallest absolute Gasteiger partial charge is 0.201 e. The summed E-state index contributed by atoms with van der Waals surface area (Å²) in [5.74, 6) is -3.27. The lowest BCUT2D eigenvalue weighted by molar-refractivity contribution is 0.0902. The van der Waals surface area contributed by atoms with E-state index < -0.39 is 23.3 Å². The number of rotatable bonds is 10. The van der Waals surface area contributed by atoms with Gasteiger partial charge in [0.15, 0.2) is 23.1 Å². The number of allylic oxidation sites excluding steroid dienone is 1. The molecule has 3 aromatic rings. The molecule has 0 heterocycles. The van der Waals surface area contributed by atoms with Crippen LogP contribution in [-0.4, -0.2) is 13.2 Å². The molecule has 0 aromatic heterocycles. The lowest BCUT2D eigenvalue weighted by atomic mass is 9.64. The summed E-state index contributed by atoms with van der Waals surface area (Å²) in [6.07, 6.45) is 10.7. The first kappa shape index (κ1) is 29.2. The van der Waals surface area contributed by atoms with E-state index >= 15 is 0 Å². The number of hydrogen-bond donors (Lipinski definition) is 0. The maximum atomic E-state index is 15.0. The Bertz CT molecular complexity index is 1350. The molecule has 0 aliphatic heterocycles. The fourth-order valence-corrected chi connectivity index (χ4v) is 6.73. The quantitative estimate of drug-likeness (QED) is 0.180. The molecule has 6 heteroatoms. The van der Waals surface area contributed by atoms with Gasteiger partial charge in [0.05, 0.1) is 13.2 Å². The maximum absolute atomic E-state index is 15.0. The van der Waals surface area contributed by atoms with Crippen LogP contribution < -0.4 is 9.47 Å². The zero-order valence-electron chi connectivity index (χ0n) is 23.6. The molecule has 3 aromatic carbocycles. The molecule has 41 heavy (non-hydrogen) atoms.